The number of hydrogen-bond acceptors (Lipinski definition) is 1. The Bertz CT molecular complexity index is 567. The Morgan fingerprint density at radius 2 is 1.39 bits per heavy atom. The molecule has 2 heteroatoms. The summed E-state index contributed by atoms with van der Waals surface area (Å²) in [6.45, 7) is 12.2. The van der Waals surface area contributed by atoms with Gasteiger partial charge in [0.25, 0.3) is 0 Å². The lowest BCUT2D eigenvalue weighted by molar-refractivity contribution is -0.923. The van der Waals surface area contributed by atoms with E-state index in [9.17, 15) is 0 Å². The fourth-order valence-corrected chi connectivity index (χ4v) is 3.10. The first-order valence-corrected chi connectivity index (χ1v) is 8.82. The number of para-hydroxylation sites is 1. The van der Waals surface area contributed by atoms with Crippen LogP contribution in [0.3, 0.4) is 0 Å². The molecule has 2 aromatic rings. The molecule has 0 unspecified atom stereocenters. The number of ether oxygens (including phenoxy) is 1. The van der Waals surface area contributed by atoms with E-state index in [1.165, 1.54) is 30.8 Å². The number of rotatable bonds is 9. The Morgan fingerprint density at radius 1 is 0.783 bits per heavy atom. The second-order valence-corrected chi connectivity index (χ2v) is 6.13. The highest BCUT2D eigenvalue weighted by atomic mass is 16.5. The van der Waals surface area contributed by atoms with Crippen LogP contribution < -0.4 is 4.74 Å². The molecule has 2 nitrogen and oxygen atoms in total. The largest absolute Gasteiger partial charge is 0.487 e. The van der Waals surface area contributed by atoms with Gasteiger partial charge in [0.2, 0.25) is 0 Å². The van der Waals surface area contributed by atoms with Crippen LogP contribution in [0.2, 0.25) is 0 Å². The van der Waals surface area contributed by atoms with Crippen molar-refractivity contribution in [2.75, 3.05) is 32.8 Å². The summed E-state index contributed by atoms with van der Waals surface area (Å²) < 4.78 is 7.28. The van der Waals surface area contributed by atoms with Gasteiger partial charge < -0.3 is 9.22 Å². The molecule has 0 aliphatic heterocycles. The smallest absolute Gasteiger partial charge is 0.137 e. The monoisotopic (exact) mass is 312 g/mol. The molecule has 0 heterocycles. The van der Waals surface area contributed by atoms with Crippen LogP contribution in [0.4, 0.5) is 0 Å². The molecule has 0 amide bonds. The van der Waals surface area contributed by atoms with Crippen molar-refractivity contribution in [3.8, 4) is 5.75 Å². The van der Waals surface area contributed by atoms with Crippen molar-refractivity contribution in [3.05, 3.63) is 65.7 Å². The third-order valence-electron chi connectivity index (χ3n) is 5.05. The second-order valence-electron chi connectivity index (χ2n) is 6.13. The maximum atomic E-state index is 6.15. The van der Waals surface area contributed by atoms with Gasteiger partial charge in [0.05, 0.1) is 19.6 Å². The number of quaternary nitrogens is 1. The van der Waals surface area contributed by atoms with Crippen LogP contribution in [-0.2, 0) is 6.42 Å². The highest BCUT2D eigenvalue weighted by Crippen LogP contribution is 2.21. The van der Waals surface area contributed by atoms with Crippen molar-refractivity contribution in [1.82, 2.24) is 0 Å². The quantitative estimate of drug-likeness (QED) is 0.618. The lowest BCUT2D eigenvalue weighted by Gasteiger charge is -2.35. The van der Waals surface area contributed by atoms with Gasteiger partial charge >= 0.3 is 0 Å². The summed E-state index contributed by atoms with van der Waals surface area (Å²) in [5.41, 5.74) is 2.59. The molecule has 0 saturated heterocycles. The first-order valence-electron chi connectivity index (χ1n) is 8.82. The van der Waals surface area contributed by atoms with Crippen molar-refractivity contribution < 1.29 is 9.22 Å². The summed E-state index contributed by atoms with van der Waals surface area (Å²) in [5.74, 6) is 1.03. The van der Waals surface area contributed by atoms with Gasteiger partial charge in [-0.25, -0.2) is 0 Å². The van der Waals surface area contributed by atoms with Gasteiger partial charge in [-0.3, -0.25) is 0 Å². The Balaban J connectivity index is 2.01. The summed E-state index contributed by atoms with van der Waals surface area (Å²) in [4.78, 5) is 0. The van der Waals surface area contributed by atoms with Gasteiger partial charge in [-0.2, -0.15) is 0 Å². The van der Waals surface area contributed by atoms with Crippen LogP contribution in [0.15, 0.2) is 54.6 Å². The van der Waals surface area contributed by atoms with Crippen LogP contribution >= 0.6 is 0 Å². The molecule has 0 atom stereocenters. The summed E-state index contributed by atoms with van der Waals surface area (Å²) in [6, 6.07) is 19.0. The number of hydrogen-bond donors (Lipinski definition) is 0. The van der Waals surface area contributed by atoms with Gasteiger partial charge in [0, 0.05) is 6.42 Å². The minimum absolute atomic E-state index is 0.779. The topological polar surface area (TPSA) is 9.23 Å². The maximum absolute atomic E-state index is 6.15. The molecule has 23 heavy (non-hydrogen) atoms. The lowest BCUT2D eigenvalue weighted by Crippen LogP contribution is -2.49. The summed E-state index contributed by atoms with van der Waals surface area (Å²) in [6.07, 6.45) is 0.923. The fraction of sp³-hybridized carbons (Fsp3) is 0.429. The molecule has 0 aliphatic carbocycles. The second kappa shape index (κ2) is 8.73. The van der Waals surface area contributed by atoms with E-state index in [1.807, 2.05) is 0 Å². The Kier molecular flexibility index (Phi) is 6.66. The van der Waals surface area contributed by atoms with E-state index in [2.05, 4.69) is 75.4 Å². The normalized spacial score (nSPS) is 11.4. The average molecular weight is 312 g/mol. The molecule has 0 aliphatic rings. The van der Waals surface area contributed by atoms with Crippen LogP contribution in [-0.4, -0.2) is 37.3 Å². The zero-order chi connectivity index (χ0) is 16.5. The van der Waals surface area contributed by atoms with E-state index in [4.69, 9.17) is 4.74 Å². The van der Waals surface area contributed by atoms with Gasteiger partial charge in [0.15, 0.2) is 0 Å². The molecular weight excluding hydrogens is 282 g/mol. The van der Waals surface area contributed by atoms with Crippen molar-refractivity contribution >= 4 is 0 Å². The predicted octanol–water partition coefficient (Wildman–Crippen LogP) is 4.53. The summed E-state index contributed by atoms with van der Waals surface area (Å²) in [7, 11) is 0. The van der Waals surface area contributed by atoms with E-state index in [1.54, 1.807) is 0 Å². The SMILES string of the molecule is CC[N+](CC)(CC)CCOc1ccccc1Cc1ccccc1. The van der Waals surface area contributed by atoms with Gasteiger partial charge in [-0.1, -0.05) is 48.5 Å². The van der Waals surface area contributed by atoms with Crippen molar-refractivity contribution in [2.45, 2.75) is 27.2 Å². The molecular formula is C21H30NO+. The highest BCUT2D eigenvalue weighted by Gasteiger charge is 2.20. The Hall–Kier alpha value is -1.80. The lowest BCUT2D eigenvalue weighted by atomic mass is 10.0. The van der Waals surface area contributed by atoms with E-state index >= 15 is 0 Å². The van der Waals surface area contributed by atoms with Crippen LogP contribution in [0.1, 0.15) is 31.9 Å². The van der Waals surface area contributed by atoms with Crippen molar-refractivity contribution in [3.63, 3.8) is 0 Å². The minimum atomic E-state index is 0.779. The molecule has 0 spiro atoms. The third kappa shape index (κ3) is 4.84. The zero-order valence-corrected chi connectivity index (χ0v) is 14.8. The molecule has 2 rings (SSSR count). The Morgan fingerprint density at radius 3 is 2.04 bits per heavy atom. The van der Waals surface area contributed by atoms with Crippen molar-refractivity contribution in [2.24, 2.45) is 0 Å². The van der Waals surface area contributed by atoms with Gasteiger partial charge in [-0.05, 0) is 38.0 Å². The number of likely N-dealkylation sites (N-methyl/N-ethyl adjacent to an activating group) is 1. The summed E-state index contributed by atoms with van der Waals surface area (Å²) in [5, 5.41) is 0. The molecule has 0 N–H and O–H groups in total. The first kappa shape index (κ1) is 17.6. The minimum Gasteiger partial charge on any atom is -0.487 e. The van der Waals surface area contributed by atoms with Crippen LogP contribution in [0.25, 0.3) is 0 Å². The average Bonchev–Trinajstić information content (AvgIpc) is 2.61. The molecule has 2 aromatic carbocycles. The number of benzene rings is 2. The van der Waals surface area contributed by atoms with E-state index in [-0.39, 0.29) is 0 Å². The molecule has 0 fully saturated rings. The zero-order valence-electron chi connectivity index (χ0n) is 14.8. The molecule has 0 aromatic heterocycles. The van der Waals surface area contributed by atoms with E-state index < -0.39 is 0 Å². The van der Waals surface area contributed by atoms with Crippen molar-refractivity contribution in [1.29, 1.82) is 0 Å². The molecule has 0 saturated carbocycles. The van der Waals surface area contributed by atoms with Crippen LogP contribution in [0, 0.1) is 0 Å². The Labute approximate surface area is 141 Å². The first-order chi connectivity index (χ1) is 11.2. The molecule has 124 valence electrons. The molecule has 0 radical (unpaired) electrons. The van der Waals surface area contributed by atoms with E-state index in [0.29, 0.717) is 0 Å². The summed E-state index contributed by atoms with van der Waals surface area (Å²) >= 11 is 0. The van der Waals surface area contributed by atoms with E-state index in [0.717, 1.165) is 29.8 Å². The van der Waals surface area contributed by atoms with Crippen LogP contribution in [0.5, 0.6) is 5.75 Å². The van der Waals surface area contributed by atoms with Gasteiger partial charge in [0.1, 0.15) is 18.9 Å². The van der Waals surface area contributed by atoms with Gasteiger partial charge in [-0.15, -0.1) is 0 Å². The maximum Gasteiger partial charge on any atom is 0.137 e. The predicted molar refractivity (Wildman–Crippen MR) is 97.9 cm³/mol. The number of nitrogens with zero attached hydrogens (tertiary/aromatic N) is 1. The third-order valence-corrected chi connectivity index (χ3v) is 5.05. The fourth-order valence-electron chi connectivity index (χ4n) is 3.10. The molecule has 0 bridgehead atoms. The standard InChI is InChI=1S/C21H30NO/c1-4-22(5-2,6-3)16-17-23-21-15-11-10-14-20(21)18-19-12-8-7-9-13-19/h7-15H,4-6,16-18H2,1-3H3/q+1. The highest BCUT2D eigenvalue weighted by molar-refractivity contribution is 5.37.